The van der Waals surface area contributed by atoms with Crippen molar-refractivity contribution in [3.63, 3.8) is 0 Å². The van der Waals surface area contributed by atoms with Crippen LogP contribution in [0, 0.1) is 13.8 Å². The average molecular weight is 573 g/mol. The summed E-state index contributed by atoms with van der Waals surface area (Å²) >= 11 is 3.44. The van der Waals surface area contributed by atoms with Crippen molar-refractivity contribution in [3.05, 3.63) is 105 Å². The zero-order valence-electron chi connectivity index (χ0n) is 21.8. The van der Waals surface area contributed by atoms with E-state index in [0.717, 1.165) is 45.3 Å². The minimum absolute atomic E-state index is 0.00266. The van der Waals surface area contributed by atoms with Crippen LogP contribution in [0.15, 0.2) is 87.0 Å². The molecule has 1 aliphatic rings. The number of aryl methyl sites for hydroxylation is 2. The van der Waals surface area contributed by atoms with Gasteiger partial charge in [0.2, 0.25) is 5.78 Å². The lowest BCUT2D eigenvalue weighted by Gasteiger charge is -2.28. The highest BCUT2D eigenvalue weighted by molar-refractivity contribution is 9.10. The van der Waals surface area contributed by atoms with E-state index in [2.05, 4.69) is 34.7 Å². The van der Waals surface area contributed by atoms with Crippen LogP contribution in [0.3, 0.4) is 0 Å². The number of anilines is 2. The second-order valence-electron chi connectivity index (χ2n) is 9.57. The maximum Gasteiger partial charge on any atom is 0.294 e. The van der Waals surface area contributed by atoms with Crippen molar-refractivity contribution in [1.29, 1.82) is 0 Å². The number of ketones is 1. The van der Waals surface area contributed by atoms with Gasteiger partial charge in [-0.1, -0.05) is 34.1 Å². The Labute approximate surface area is 230 Å². The number of hydrogen-bond acceptors (Lipinski definition) is 5. The van der Waals surface area contributed by atoms with Gasteiger partial charge in [-0.3, -0.25) is 14.5 Å². The van der Waals surface area contributed by atoms with E-state index in [1.807, 2.05) is 68.4 Å². The summed E-state index contributed by atoms with van der Waals surface area (Å²) in [5.74, 6) is -1.63. The number of aliphatic hydroxyl groups excluding tert-OH is 1. The molecule has 6 nitrogen and oxygen atoms in total. The number of amides is 1. The number of rotatable bonds is 7. The van der Waals surface area contributed by atoms with Crippen LogP contribution in [0.25, 0.3) is 11.0 Å². The number of benzene rings is 3. The normalized spacial score (nSPS) is 15.6. The Balaban J connectivity index is 1.65. The quantitative estimate of drug-likeness (QED) is 0.233. The maximum absolute atomic E-state index is 13.9. The van der Waals surface area contributed by atoms with E-state index in [-0.39, 0.29) is 11.3 Å². The first-order valence-corrected chi connectivity index (χ1v) is 13.4. The van der Waals surface area contributed by atoms with Crippen LogP contribution in [0.1, 0.15) is 47.1 Å². The first-order chi connectivity index (χ1) is 18.2. The van der Waals surface area contributed by atoms with E-state index in [1.165, 1.54) is 4.90 Å². The fourth-order valence-corrected chi connectivity index (χ4v) is 5.60. The molecule has 1 N–H and O–H groups in total. The first-order valence-electron chi connectivity index (χ1n) is 12.7. The topological polar surface area (TPSA) is 74.0 Å². The largest absolute Gasteiger partial charge is 0.503 e. The van der Waals surface area contributed by atoms with Gasteiger partial charge in [-0.2, -0.15) is 0 Å². The molecule has 0 radical (unpaired) electrons. The summed E-state index contributed by atoms with van der Waals surface area (Å²) in [4.78, 5) is 31.2. The molecule has 1 unspecified atom stereocenters. The maximum atomic E-state index is 13.9. The molecule has 0 fully saturated rings. The number of fused-ring (bicyclic) bond motifs is 1. The fourth-order valence-electron chi connectivity index (χ4n) is 5.22. The molecule has 0 spiro atoms. The smallest absolute Gasteiger partial charge is 0.294 e. The molecular formula is C31H29BrN2O4. The van der Waals surface area contributed by atoms with Crippen LogP contribution >= 0.6 is 15.9 Å². The van der Waals surface area contributed by atoms with E-state index in [9.17, 15) is 14.7 Å². The molecule has 194 valence electrons. The van der Waals surface area contributed by atoms with E-state index in [0.29, 0.717) is 11.3 Å². The van der Waals surface area contributed by atoms with Gasteiger partial charge in [-0.15, -0.1) is 0 Å². The van der Waals surface area contributed by atoms with Gasteiger partial charge < -0.3 is 14.4 Å². The van der Waals surface area contributed by atoms with Crippen LogP contribution < -0.4 is 9.80 Å². The number of nitrogens with zero attached hydrogens (tertiary/aromatic N) is 2. The Morgan fingerprint density at radius 2 is 1.63 bits per heavy atom. The minimum atomic E-state index is -0.818. The highest BCUT2D eigenvalue weighted by Crippen LogP contribution is 2.43. The van der Waals surface area contributed by atoms with Gasteiger partial charge >= 0.3 is 0 Å². The summed E-state index contributed by atoms with van der Waals surface area (Å²) in [5, 5.41) is 11.9. The predicted molar refractivity (Wildman–Crippen MR) is 154 cm³/mol. The lowest BCUT2D eigenvalue weighted by Crippen LogP contribution is -2.31. The predicted octanol–water partition coefficient (Wildman–Crippen LogP) is 7.44. The molecule has 0 bridgehead atoms. The molecular weight excluding hydrogens is 544 g/mol. The van der Waals surface area contributed by atoms with Gasteiger partial charge in [-0.05, 0) is 92.9 Å². The lowest BCUT2D eigenvalue weighted by atomic mass is 9.94. The minimum Gasteiger partial charge on any atom is -0.503 e. The summed E-state index contributed by atoms with van der Waals surface area (Å²) in [6, 6.07) is 19.9. The van der Waals surface area contributed by atoms with Crippen LogP contribution in [0.4, 0.5) is 11.4 Å². The fraction of sp³-hybridized carbons (Fsp3) is 0.226. The van der Waals surface area contributed by atoms with Crippen LogP contribution in [-0.2, 0) is 4.79 Å². The summed E-state index contributed by atoms with van der Waals surface area (Å²) in [7, 11) is 0. The van der Waals surface area contributed by atoms with E-state index < -0.39 is 23.5 Å². The molecule has 1 aromatic heterocycles. The molecule has 0 aliphatic carbocycles. The Morgan fingerprint density at radius 3 is 2.26 bits per heavy atom. The number of carbonyl (C=O) groups is 2. The second kappa shape index (κ2) is 10.1. The number of aliphatic hydroxyl groups is 1. The third-order valence-corrected chi connectivity index (χ3v) is 7.47. The van der Waals surface area contributed by atoms with Gasteiger partial charge in [0.25, 0.3) is 5.91 Å². The molecule has 0 saturated carbocycles. The summed E-state index contributed by atoms with van der Waals surface area (Å²) in [6.07, 6.45) is 0. The van der Waals surface area contributed by atoms with Gasteiger partial charge in [-0.25, -0.2) is 0 Å². The molecule has 38 heavy (non-hydrogen) atoms. The van der Waals surface area contributed by atoms with Crippen molar-refractivity contribution in [2.45, 2.75) is 33.7 Å². The van der Waals surface area contributed by atoms with Crippen molar-refractivity contribution in [1.82, 2.24) is 0 Å². The van der Waals surface area contributed by atoms with Gasteiger partial charge in [0.05, 0.1) is 11.6 Å². The van der Waals surface area contributed by atoms with Crippen LogP contribution in [-0.4, -0.2) is 29.9 Å². The second-order valence-corrected chi connectivity index (χ2v) is 10.5. The molecule has 0 saturated heterocycles. The highest BCUT2D eigenvalue weighted by atomic mass is 79.9. The van der Waals surface area contributed by atoms with Crippen molar-refractivity contribution >= 4 is 50.0 Å². The van der Waals surface area contributed by atoms with Crippen molar-refractivity contribution in [2.24, 2.45) is 0 Å². The number of hydrogen-bond donors (Lipinski definition) is 1. The molecule has 4 aromatic rings. The Morgan fingerprint density at radius 1 is 0.974 bits per heavy atom. The van der Waals surface area contributed by atoms with Gasteiger partial charge in [0, 0.05) is 34.3 Å². The third-order valence-electron chi connectivity index (χ3n) is 6.98. The van der Waals surface area contributed by atoms with Crippen molar-refractivity contribution < 1.29 is 19.1 Å². The molecule has 3 aromatic carbocycles. The van der Waals surface area contributed by atoms with E-state index in [1.54, 1.807) is 12.1 Å². The Bertz CT molecular complexity index is 1560. The van der Waals surface area contributed by atoms with Crippen molar-refractivity contribution in [3.8, 4) is 0 Å². The summed E-state index contributed by atoms with van der Waals surface area (Å²) in [6.45, 7) is 9.82. The van der Waals surface area contributed by atoms with E-state index >= 15 is 0 Å². The number of Topliss-reactive ketones (excluding diaryl/α,β-unsaturated/α-hetero) is 1. The monoisotopic (exact) mass is 572 g/mol. The molecule has 2 heterocycles. The lowest BCUT2D eigenvalue weighted by molar-refractivity contribution is -0.117. The molecule has 7 heteroatoms. The standard InChI is InChI=1S/C31H29BrN2O4/c1-5-33(6-2)23-10-7-20(8-11-23)28-27(29(35)26-17-21-16-22(32)9-12-25(21)38-26)30(36)31(37)34(28)24-14-18(3)13-19(4)15-24/h7-17,28,36H,5-6H2,1-4H3. The molecule has 1 amide bonds. The highest BCUT2D eigenvalue weighted by Gasteiger charge is 2.45. The number of halogens is 1. The third kappa shape index (κ3) is 4.52. The number of carbonyl (C=O) groups excluding carboxylic acids is 2. The summed E-state index contributed by atoms with van der Waals surface area (Å²) in [5.41, 5.74) is 4.89. The van der Waals surface area contributed by atoms with Gasteiger partial charge in [0.1, 0.15) is 5.58 Å². The van der Waals surface area contributed by atoms with Crippen LogP contribution in [0.5, 0.6) is 0 Å². The van der Waals surface area contributed by atoms with Crippen molar-refractivity contribution in [2.75, 3.05) is 22.9 Å². The van der Waals surface area contributed by atoms with Gasteiger partial charge in [0.15, 0.2) is 11.5 Å². The SMILES string of the molecule is CCN(CC)c1ccc(C2C(C(=O)c3cc4cc(Br)ccc4o3)=C(O)C(=O)N2c2cc(C)cc(C)c2)cc1. The van der Waals surface area contributed by atoms with E-state index in [4.69, 9.17) is 4.42 Å². The Kier molecular flexibility index (Phi) is 6.88. The zero-order chi connectivity index (χ0) is 27.1. The molecule has 5 rings (SSSR count). The molecule has 1 atom stereocenters. The first kappa shape index (κ1) is 25.8. The summed E-state index contributed by atoms with van der Waals surface area (Å²) < 4.78 is 6.73. The molecule has 1 aliphatic heterocycles. The van der Waals surface area contributed by atoms with Crippen LogP contribution in [0.2, 0.25) is 0 Å². The number of furan rings is 1. The Hall–Kier alpha value is -3.84. The zero-order valence-corrected chi connectivity index (χ0v) is 23.4. The average Bonchev–Trinajstić information content (AvgIpc) is 3.42.